The molecule has 2 fully saturated rings. The van der Waals surface area contributed by atoms with Crippen LogP contribution in [-0.4, -0.2) is 31.5 Å². The first-order valence-corrected chi connectivity index (χ1v) is 9.09. The molecule has 0 aromatic carbocycles. The van der Waals surface area contributed by atoms with Gasteiger partial charge in [0.15, 0.2) is 0 Å². The Morgan fingerprint density at radius 3 is 2.71 bits per heavy atom. The topological polar surface area (TPSA) is 69.6 Å². The minimum Gasteiger partial charge on any atom is -0.327 e. The third-order valence-electron chi connectivity index (χ3n) is 5.47. The second-order valence-corrected chi connectivity index (χ2v) is 8.52. The fourth-order valence-corrected chi connectivity index (χ4v) is 4.52. The molecule has 0 amide bonds. The Morgan fingerprint density at radius 2 is 2.05 bits per heavy atom. The number of hydrogen-bond acceptors (Lipinski definition) is 5. The number of aromatic nitrogens is 4. The number of thioether (sulfide) groups is 1. The molecule has 0 radical (unpaired) electrons. The van der Waals surface area contributed by atoms with Crippen molar-refractivity contribution in [2.24, 2.45) is 17.1 Å². The molecule has 1 aromatic heterocycles. The first-order chi connectivity index (χ1) is 10.0. The van der Waals surface area contributed by atoms with E-state index in [-0.39, 0.29) is 6.04 Å². The first kappa shape index (κ1) is 15.3. The van der Waals surface area contributed by atoms with Crippen LogP contribution in [0, 0.1) is 11.3 Å². The summed E-state index contributed by atoms with van der Waals surface area (Å²) in [5.41, 5.74) is 6.79. The van der Waals surface area contributed by atoms with Crippen molar-refractivity contribution in [2.75, 3.05) is 0 Å². The maximum Gasteiger partial charge on any atom is 0.209 e. The van der Waals surface area contributed by atoms with Crippen LogP contribution in [-0.2, 0) is 0 Å². The van der Waals surface area contributed by atoms with E-state index in [1.165, 1.54) is 32.1 Å². The highest BCUT2D eigenvalue weighted by atomic mass is 32.2. The van der Waals surface area contributed by atoms with Crippen molar-refractivity contribution >= 4 is 11.8 Å². The van der Waals surface area contributed by atoms with Gasteiger partial charge in [0.1, 0.15) is 0 Å². The molecule has 3 unspecified atom stereocenters. The molecule has 3 atom stereocenters. The number of nitrogens with zero attached hydrogens (tertiary/aromatic N) is 4. The van der Waals surface area contributed by atoms with Crippen LogP contribution in [0.5, 0.6) is 0 Å². The van der Waals surface area contributed by atoms with Gasteiger partial charge in [0.2, 0.25) is 5.16 Å². The number of tetrazole rings is 1. The fraction of sp³-hybridized carbons (Fsp3) is 0.933. The zero-order chi connectivity index (χ0) is 15.0. The van der Waals surface area contributed by atoms with Gasteiger partial charge in [-0.2, -0.15) is 0 Å². The van der Waals surface area contributed by atoms with Crippen LogP contribution >= 0.6 is 11.8 Å². The second kappa shape index (κ2) is 5.88. The van der Waals surface area contributed by atoms with Crippen LogP contribution < -0.4 is 5.73 Å². The van der Waals surface area contributed by atoms with Gasteiger partial charge in [-0.25, -0.2) is 4.68 Å². The van der Waals surface area contributed by atoms with Crippen molar-refractivity contribution in [1.82, 2.24) is 20.2 Å². The van der Waals surface area contributed by atoms with Gasteiger partial charge in [-0.1, -0.05) is 39.0 Å². The van der Waals surface area contributed by atoms with E-state index in [0.29, 0.717) is 16.7 Å². The van der Waals surface area contributed by atoms with Gasteiger partial charge in [-0.3, -0.25) is 0 Å². The lowest BCUT2D eigenvalue weighted by Gasteiger charge is -2.41. The molecule has 5 nitrogen and oxygen atoms in total. The van der Waals surface area contributed by atoms with Crippen molar-refractivity contribution in [3.05, 3.63) is 0 Å². The minimum absolute atomic E-state index is 0.267. The summed E-state index contributed by atoms with van der Waals surface area (Å²) in [4.78, 5) is 0. The maximum absolute atomic E-state index is 6.39. The Bertz CT molecular complexity index is 482. The highest BCUT2D eigenvalue weighted by molar-refractivity contribution is 7.99. The Morgan fingerprint density at radius 1 is 1.29 bits per heavy atom. The van der Waals surface area contributed by atoms with E-state index in [1.54, 1.807) is 11.8 Å². The van der Waals surface area contributed by atoms with Crippen molar-refractivity contribution in [2.45, 2.75) is 81.8 Å². The predicted molar refractivity (Wildman–Crippen MR) is 85.1 cm³/mol. The summed E-state index contributed by atoms with van der Waals surface area (Å²) in [6, 6.07) is 0.799. The van der Waals surface area contributed by atoms with Crippen LogP contribution in [0.2, 0.25) is 0 Å². The second-order valence-electron chi connectivity index (χ2n) is 7.31. The van der Waals surface area contributed by atoms with Gasteiger partial charge >= 0.3 is 0 Å². The van der Waals surface area contributed by atoms with Crippen LogP contribution in [0.25, 0.3) is 0 Å². The Balaban J connectivity index is 1.69. The van der Waals surface area contributed by atoms with E-state index < -0.39 is 0 Å². The molecule has 1 heterocycles. The molecule has 2 aliphatic carbocycles. The maximum atomic E-state index is 6.39. The van der Waals surface area contributed by atoms with Crippen LogP contribution in [0.4, 0.5) is 0 Å². The van der Waals surface area contributed by atoms with Crippen molar-refractivity contribution in [3.8, 4) is 0 Å². The monoisotopic (exact) mass is 309 g/mol. The number of hydrogen-bond donors (Lipinski definition) is 1. The molecule has 118 valence electrons. The zero-order valence-electron chi connectivity index (χ0n) is 13.3. The van der Waals surface area contributed by atoms with Gasteiger partial charge in [0.25, 0.3) is 0 Å². The molecular weight excluding hydrogens is 282 g/mol. The van der Waals surface area contributed by atoms with E-state index in [2.05, 4.69) is 36.3 Å². The van der Waals surface area contributed by atoms with E-state index in [4.69, 9.17) is 5.73 Å². The molecule has 3 rings (SSSR count). The van der Waals surface area contributed by atoms with E-state index >= 15 is 0 Å². The average Bonchev–Trinajstić information content (AvgIpc) is 3.21. The molecule has 2 aliphatic rings. The van der Waals surface area contributed by atoms with E-state index in [9.17, 15) is 0 Å². The van der Waals surface area contributed by atoms with Crippen molar-refractivity contribution < 1.29 is 0 Å². The smallest absolute Gasteiger partial charge is 0.209 e. The van der Waals surface area contributed by atoms with Crippen LogP contribution in [0.3, 0.4) is 0 Å². The molecule has 0 bridgehead atoms. The fourth-order valence-electron chi connectivity index (χ4n) is 3.23. The standard InChI is InChI=1S/C15H27N5S/c1-4-15(2,3)10-5-8-12(16)13(9-10)21-14-17-18-19-20(14)11-6-7-11/h10-13H,4-9,16H2,1-3H3. The summed E-state index contributed by atoms with van der Waals surface area (Å²) in [6.07, 6.45) is 7.21. The van der Waals surface area contributed by atoms with Crippen LogP contribution in [0.15, 0.2) is 5.16 Å². The predicted octanol–water partition coefficient (Wildman–Crippen LogP) is 3.03. The normalized spacial score (nSPS) is 30.6. The largest absolute Gasteiger partial charge is 0.327 e. The SMILES string of the molecule is CCC(C)(C)C1CCC(N)C(Sc2nnnn2C2CC2)C1. The van der Waals surface area contributed by atoms with E-state index in [1.807, 2.05) is 4.68 Å². The zero-order valence-corrected chi connectivity index (χ0v) is 14.1. The highest BCUT2D eigenvalue weighted by Gasteiger charge is 2.38. The molecule has 2 saturated carbocycles. The third-order valence-corrected chi connectivity index (χ3v) is 6.80. The Labute approximate surface area is 131 Å². The van der Waals surface area contributed by atoms with Crippen LogP contribution in [0.1, 0.15) is 65.3 Å². The van der Waals surface area contributed by atoms with Gasteiger partial charge in [-0.15, -0.1) is 5.10 Å². The van der Waals surface area contributed by atoms with Gasteiger partial charge in [0.05, 0.1) is 6.04 Å². The lowest BCUT2D eigenvalue weighted by molar-refractivity contribution is 0.148. The highest BCUT2D eigenvalue weighted by Crippen LogP contribution is 2.45. The van der Waals surface area contributed by atoms with Gasteiger partial charge in [-0.05, 0) is 53.9 Å². The molecule has 0 saturated heterocycles. The Kier molecular flexibility index (Phi) is 4.28. The summed E-state index contributed by atoms with van der Waals surface area (Å²) in [6.45, 7) is 7.08. The van der Waals surface area contributed by atoms with Gasteiger partial charge < -0.3 is 5.73 Å². The van der Waals surface area contributed by atoms with Crippen molar-refractivity contribution in [3.63, 3.8) is 0 Å². The lowest BCUT2D eigenvalue weighted by Crippen LogP contribution is -2.42. The molecule has 0 spiro atoms. The number of rotatable bonds is 5. The molecule has 2 N–H and O–H groups in total. The van der Waals surface area contributed by atoms with Crippen molar-refractivity contribution in [1.29, 1.82) is 0 Å². The summed E-state index contributed by atoms with van der Waals surface area (Å²) in [5.74, 6) is 0.755. The quantitative estimate of drug-likeness (QED) is 0.905. The summed E-state index contributed by atoms with van der Waals surface area (Å²) in [7, 11) is 0. The van der Waals surface area contributed by atoms with Gasteiger partial charge in [0, 0.05) is 11.3 Å². The number of nitrogens with two attached hydrogens (primary N) is 1. The lowest BCUT2D eigenvalue weighted by atomic mass is 9.69. The van der Waals surface area contributed by atoms with E-state index in [0.717, 1.165) is 17.5 Å². The first-order valence-electron chi connectivity index (χ1n) is 8.21. The summed E-state index contributed by atoms with van der Waals surface area (Å²) in [5, 5.41) is 13.6. The third kappa shape index (κ3) is 3.26. The molecule has 0 aliphatic heterocycles. The Hall–Kier alpha value is -0.620. The minimum atomic E-state index is 0.267. The average molecular weight is 309 g/mol. The molecule has 6 heteroatoms. The summed E-state index contributed by atoms with van der Waals surface area (Å²) >= 11 is 1.81. The molecule has 1 aromatic rings. The molecule has 21 heavy (non-hydrogen) atoms. The summed E-state index contributed by atoms with van der Waals surface area (Å²) < 4.78 is 2.01. The molecular formula is C15H27N5S.